The lowest BCUT2D eigenvalue weighted by Gasteiger charge is -2.25. The highest BCUT2D eigenvalue weighted by Crippen LogP contribution is 2.32. The van der Waals surface area contributed by atoms with Crippen molar-refractivity contribution in [3.8, 4) is 0 Å². The normalized spacial score (nSPS) is 22.7. The van der Waals surface area contributed by atoms with Gasteiger partial charge in [-0.25, -0.2) is 0 Å². The number of hydrogen-bond acceptors (Lipinski definition) is 2. The summed E-state index contributed by atoms with van der Waals surface area (Å²) in [6.07, 6.45) is 5.76. The third-order valence-corrected chi connectivity index (χ3v) is 4.32. The van der Waals surface area contributed by atoms with E-state index in [0.29, 0.717) is 0 Å². The van der Waals surface area contributed by atoms with Crippen LogP contribution in [0.15, 0.2) is 18.2 Å². The van der Waals surface area contributed by atoms with Crippen molar-refractivity contribution < 1.29 is 4.79 Å². The average Bonchev–Trinajstić information content (AvgIpc) is 2.80. The molecule has 1 unspecified atom stereocenters. The van der Waals surface area contributed by atoms with Crippen molar-refractivity contribution in [2.45, 2.75) is 45.1 Å². The van der Waals surface area contributed by atoms with Gasteiger partial charge in [0.2, 0.25) is 5.91 Å². The molecule has 1 N–H and O–H groups in total. The molecule has 0 radical (unpaired) electrons. The van der Waals surface area contributed by atoms with E-state index in [-0.39, 0.29) is 11.9 Å². The highest BCUT2D eigenvalue weighted by molar-refractivity contribution is 6.00. The van der Waals surface area contributed by atoms with Crippen LogP contribution in [-0.4, -0.2) is 25.0 Å². The first-order chi connectivity index (χ1) is 9.31. The Balaban J connectivity index is 1.89. The molecule has 1 atom stereocenters. The lowest BCUT2D eigenvalue weighted by Crippen LogP contribution is -2.38. The van der Waals surface area contributed by atoms with Crippen molar-refractivity contribution in [3.63, 3.8) is 0 Å². The fourth-order valence-corrected chi connectivity index (χ4v) is 3.37. The number of carbonyl (C=O) groups excluding carboxylic acids is 1. The maximum Gasteiger partial charge on any atom is 0.244 e. The van der Waals surface area contributed by atoms with Crippen molar-refractivity contribution in [2.24, 2.45) is 0 Å². The summed E-state index contributed by atoms with van der Waals surface area (Å²) in [5, 5.41) is 3.28. The van der Waals surface area contributed by atoms with Gasteiger partial charge in [-0.05, 0) is 55.8 Å². The van der Waals surface area contributed by atoms with Crippen LogP contribution in [0.1, 0.15) is 37.3 Å². The largest absolute Gasteiger partial charge is 0.311 e. The molecule has 102 valence electrons. The van der Waals surface area contributed by atoms with Gasteiger partial charge in [0.15, 0.2) is 0 Å². The number of fused-ring (bicyclic) bond motifs is 1. The first-order valence-corrected chi connectivity index (χ1v) is 7.46. The molecule has 0 aromatic heterocycles. The monoisotopic (exact) mass is 258 g/mol. The van der Waals surface area contributed by atoms with E-state index in [9.17, 15) is 4.79 Å². The topological polar surface area (TPSA) is 32.3 Å². The number of amides is 1. The predicted molar refractivity (Wildman–Crippen MR) is 77.5 cm³/mol. The average molecular weight is 258 g/mol. The summed E-state index contributed by atoms with van der Waals surface area (Å²) in [5.41, 5.74) is 4.03. The minimum absolute atomic E-state index is 0.0180. The van der Waals surface area contributed by atoms with Crippen LogP contribution in [0.25, 0.3) is 0 Å². The number of rotatable bonds is 3. The number of anilines is 1. The van der Waals surface area contributed by atoms with Gasteiger partial charge < -0.3 is 10.2 Å². The second-order valence-corrected chi connectivity index (χ2v) is 5.51. The summed E-state index contributed by atoms with van der Waals surface area (Å²) in [6.45, 7) is 3.77. The Morgan fingerprint density at radius 3 is 3.00 bits per heavy atom. The van der Waals surface area contributed by atoms with Gasteiger partial charge in [0.25, 0.3) is 0 Å². The van der Waals surface area contributed by atoms with Crippen LogP contribution in [0.4, 0.5) is 5.69 Å². The van der Waals surface area contributed by atoms with Gasteiger partial charge in [0.1, 0.15) is 0 Å². The predicted octanol–water partition coefficient (Wildman–Crippen LogP) is 2.28. The summed E-state index contributed by atoms with van der Waals surface area (Å²) < 4.78 is 0. The molecular weight excluding hydrogens is 236 g/mol. The molecule has 1 saturated heterocycles. The van der Waals surface area contributed by atoms with Gasteiger partial charge in [0.05, 0.1) is 6.04 Å². The second-order valence-electron chi connectivity index (χ2n) is 5.51. The Morgan fingerprint density at radius 2 is 2.16 bits per heavy atom. The highest BCUT2D eigenvalue weighted by atomic mass is 16.2. The lowest BCUT2D eigenvalue weighted by atomic mass is 9.90. The fraction of sp³-hybridized carbons (Fsp3) is 0.562. The van der Waals surface area contributed by atoms with Crippen LogP contribution in [0.3, 0.4) is 0 Å². The molecule has 1 aromatic rings. The van der Waals surface area contributed by atoms with Crippen LogP contribution < -0.4 is 10.2 Å². The van der Waals surface area contributed by atoms with E-state index < -0.39 is 0 Å². The van der Waals surface area contributed by atoms with E-state index >= 15 is 0 Å². The maximum absolute atomic E-state index is 12.4. The van der Waals surface area contributed by atoms with Crippen LogP contribution in [0.2, 0.25) is 0 Å². The molecular formula is C16H22N2O. The Morgan fingerprint density at radius 1 is 1.32 bits per heavy atom. The molecule has 0 saturated carbocycles. The smallest absolute Gasteiger partial charge is 0.244 e. The Kier molecular flexibility index (Phi) is 3.56. The molecule has 1 aliphatic heterocycles. The molecule has 3 heteroatoms. The number of aryl methyl sites for hydroxylation is 1. The van der Waals surface area contributed by atoms with Crippen molar-refractivity contribution >= 4 is 11.6 Å². The highest BCUT2D eigenvalue weighted by Gasteiger charge is 2.33. The lowest BCUT2D eigenvalue weighted by molar-refractivity contribution is -0.118. The summed E-state index contributed by atoms with van der Waals surface area (Å²) in [7, 11) is 0. The number of nitrogens with zero attached hydrogens (tertiary/aromatic N) is 1. The van der Waals surface area contributed by atoms with Crippen molar-refractivity contribution in [1.29, 1.82) is 0 Å². The quantitative estimate of drug-likeness (QED) is 0.902. The Bertz CT molecular complexity index is 484. The Hall–Kier alpha value is -1.35. The molecule has 1 heterocycles. The van der Waals surface area contributed by atoms with Gasteiger partial charge in [0, 0.05) is 12.2 Å². The zero-order valence-corrected chi connectivity index (χ0v) is 11.6. The van der Waals surface area contributed by atoms with Gasteiger partial charge in [-0.1, -0.05) is 19.1 Å². The van der Waals surface area contributed by atoms with Gasteiger partial charge in [-0.15, -0.1) is 0 Å². The number of carbonyl (C=O) groups is 1. The van der Waals surface area contributed by atoms with Crippen LogP contribution >= 0.6 is 0 Å². The maximum atomic E-state index is 12.4. The zero-order valence-electron chi connectivity index (χ0n) is 11.6. The van der Waals surface area contributed by atoms with E-state index in [0.717, 1.165) is 25.9 Å². The summed E-state index contributed by atoms with van der Waals surface area (Å²) in [4.78, 5) is 14.4. The van der Waals surface area contributed by atoms with Crippen LogP contribution in [0, 0.1) is 0 Å². The van der Waals surface area contributed by atoms with Gasteiger partial charge in [-0.3, -0.25) is 4.79 Å². The number of hydrogen-bond donors (Lipinski definition) is 1. The molecule has 1 fully saturated rings. The minimum Gasteiger partial charge on any atom is -0.311 e. The number of benzene rings is 1. The fourth-order valence-electron chi connectivity index (χ4n) is 3.37. The van der Waals surface area contributed by atoms with Crippen molar-refractivity contribution in [3.05, 3.63) is 29.3 Å². The SMILES string of the molecule is CCNC1CCN(c2cccc3c2CCCC3)C1=O. The molecule has 3 nitrogen and oxygen atoms in total. The van der Waals surface area contributed by atoms with Crippen molar-refractivity contribution in [1.82, 2.24) is 5.32 Å². The third kappa shape index (κ3) is 2.27. The molecule has 1 aliphatic carbocycles. The molecule has 1 aromatic carbocycles. The molecule has 2 aliphatic rings. The Labute approximate surface area is 115 Å². The van der Waals surface area contributed by atoms with Gasteiger partial charge in [-0.2, -0.15) is 0 Å². The van der Waals surface area contributed by atoms with E-state index in [2.05, 4.69) is 30.4 Å². The van der Waals surface area contributed by atoms with Gasteiger partial charge >= 0.3 is 0 Å². The third-order valence-electron chi connectivity index (χ3n) is 4.32. The minimum atomic E-state index is 0.0180. The van der Waals surface area contributed by atoms with E-state index in [1.165, 1.54) is 36.1 Å². The first kappa shape index (κ1) is 12.7. The molecule has 19 heavy (non-hydrogen) atoms. The number of likely N-dealkylation sites (N-methyl/N-ethyl adjacent to an activating group) is 1. The van der Waals surface area contributed by atoms with Crippen LogP contribution in [-0.2, 0) is 17.6 Å². The van der Waals surface area contributed by atoms with Crippen molar-refractivity contribution in [2.75, 3.05) is 18.0 Å². The zero-order chi connectivity index (χ0) is 13.2. The summed E-state index contributed by atoms with van der Waals surface area (Å²) in [6, 6.07) is 6.47. The van der Waals surface area contributed by atoms with E-state index in [4.69, 9.17) is 0 Å². The summed E-state index contributed by atoms with van der Waals surface area (Å²) in [5.74, 6) is 0.251. The second kappa shape index (κ2) is 5.33. The van der Waals surface area contributed by atoms with E-state index in [1.54, 1.807) is 0 Å². The number of nitrogens with one attached hydrogen (secondary N) is 1. The first-order valence-electron chi connectivity index (χ1n) is 7.46. The molecule has 3 rings (SSSR count). The van der Waals surface area contributed by atoms with Crippen LogP contribution in [0.5, 0.6) is 0 Å². The summed E-state index contributed by atoms with van der Waals surface area (Å²) >= 11 is 0. The standard InChI is InChI=1S/C16H22N2O/c1-2-17-14-10-11-18(16(14)19)15-9-5-7-12-6-3-4-8-13(12)15/h5,7,9,14,17H,2-4,6,8,10-11H2,1H3. The molecule has 0 spiro atoms. The van der Waals surface area contributed by atoms with E-state index in [1.807, 2.05) is 4.90 Å². The molecule has 0 bridgehead atoms. The molecule has 1 amide bonds.